The van der Waals surface area contributed by atoms with Gasteiger partial charge in [-0.1, -0.05) is 19.6 Å². The number of ether oxygens (including phenoxy) is 2. The summed E-state index contributed by atoms with van der Waals surface area (Å²) in [6.45, 7) is 8.17. The fourth-order valence-corrected chi connectivity index (χ4v) is 5.52. The minimum atomic E-state index is -2.05. The molecule has 1 heterocycles. The first kappa shape index (κ1) is 20.7. The molecule has 0 aliphatic carbocycles. The van der Waals surface area contributed by atoms with E-state index in [1.54, 1.807) is 55.2 Å². The van der Waals surface area contributed by atoms with Crippen molar-refractivity contribution >= 4 is 13.3 Å². The summed E-state index contributed by atoms with van der Waals surface area (Å²) >= 11 is 0. The molecule has 29 heavy (non-hydrogen) atoms. The zero-order chi connectivity index (χ0) is 21.3. The smallest absolute Gasteiger partial charge is 0.340 e. The van der Waals surface area contributed by atoms with Gasteiger partial charge in [0.1, 0.15) is 11.5 Å². The quantitative estimate of drug-likeness (QED) is 0.607. The third-order valence-electron chi connectivity index (χ3n) is 4.91. The molecule has 0 saturated carbocycles. The summed E-state index contributed by atoms with van der Waals surface area (Å²) in [4.78, 5) is 26.9. The highest BCUT2D eigenvalue weighted by atomic mass is 28.3. The number of methoxy groups -OCH3 is 2. The highest BCUT2D eigenvalue weighted by molar-refractivity contribution is 6.88. The van der Waals surface area contributed by atoms with Crippen molar-refractivity contribution in [2.45, 2.75) is 26.6 Å². The van der Waals surface area contributed by atoms with Crippen LogP contribution in [0.5, 0.6) is 11.5 Å². The van der Waals surface area contributed by atoms with E-state index < -0.39 is 13.8 Å². The first-order chi connectivity index (χ1) is 13.7. The van der Waals surface area contributed by atoms with Crippen molar-refractivity contribution in [3.63, 3.8) is 0 Å². The van der Waals surface area contributed by atoms with Crippen LogP contribution in [0.2, 0.25) is 19.6 Å². The van der Waals surface area contributed by atoms with Crippen LogP contribution in [-0.4, -0.2) is 31.4 Å². The molecule has 152 valence electrons. The lowest BCUT2D eigenvalue weighted by atomic mass is 10.2. The second-order valence-electron chi connectivity index (χ2n) is 7.87. The van der Waals surface area contributed by atoms with Gasteiger partial charge in [0.2, 0.25) is 0 Å². The third kappa shape index (κ3) is 3.78. The molecule has 0 saturated heterocycles. The molecule has 0 amide bonds. The largest absolute Gasteiger partial charge is 0.497 e. The number of rotatable bonds is 5. The molecule has 0 spiro atoms. The van der Waals surface area contributed by atoms with Crippen molar-refractivity contribution < 1.29 is 9.47 Å². The normalized spacial score (nSPS) is 11.4. The van der Waals surface area contributed by atoms with Gasteiger partial charge >= 0.3 is 5.69 Å². The number of hydrogen-bond acceptors (Lipinski definition) is 4. The SMILES string of the molecule is COc1ccc(-n2c(C)c([Si](C)(C)C)c(=O)n(-c3ccc(OC)cc3)c2=O)cc1. The maximum absolute atomic E-state index is 13.5. The van der Waals surface area contributed by atoms with Crippen LogP contribution < -0.4 is 25.9 Å². The van der Waals surface area contributed by atoms with E-state index in [1.807, 2.05) is 19.1 Å². The number of nitrogens with zero attached hydrogens (tertiary/aromatic N) is 2. The van der Waals surface area contributed by atoms with Gasteiger partial charge in [0.05, 0.1) is 33.7 Å². The van der Waals surface area contributed by atoms with Crippen LogP contribution in [0.3, 0.4) is 0 Å². The molecule has 0 fully saturated rings. The maximum Gasteiger partial charge on any atom is 0.340 e. The van der Waals surface area contributed by atoms with E-state index in [-0.39, 0.29) is 5.56 Å². The summed E-state index contributed by atoms with van der Waals surface area (Å²) in [6, 6.07) is 14.2. The van der Waals surface area contributed by atoms with E-state index in [1.165, 1.54) is 4.57 Å². The molecule has 0 atom stereocenters. The second kappa shape index (κ2) is 7.75. The van der Waals surface area contributed by atoms with Crippen LogP contribution in [-0.2, 0) is 0 Å². The van der Waals surface area contributed by atoms with Gasteiger partial charge in [0, 0.05) is 10.9 Å². The fraction of sp³-hybridized carbons (Fsp3) is 0.273. The van der Waals surface area contributed by atoms with Crippen LogP contribution >= 0.6 is 0 Å². The molecule has 0 aliphatic heterocycles. The Morgan fingerprint density at radius 1 is 0.724 bits per heavy atom. The van der Waals surface area contributed by atoms with E-state index in [9.17, 15) is 9.59 Å². The monoisotopic (exact) mass is 410 g/mol. The van der Waals surface area contributed by atoms with E-state index in [0.29, 0.717) is 28.6 Å². The lowest BCUT2D eigenvalue weighted by molar-refractivity contribution is 0.414. The summed E-state index contributed by atoms with van der Waals surface area (Å²) in [5, 5.41) is 0.726. The molecule has 0 unspecified atom stereocenters. The molecule has 3 aromatic rings. The predicted molar refractivity (Wildman–Crippen MR) is 118 cm³/mol. The Morgan fingerprint density at radius 2 is 1.14 bits per heavy atom. The molecule has 7 heteroatoms. The Kier molecular flexibility index (Phi) is 5.52. The molecular formula is C22H26N2O4Si. The van der Waals surface area contributed by atoms with Gasteiger partial charge < -0.3 is 9.47 Å². The van der Waals surface area contributed by atoms with Crippen molar-refractivity contribution in [2.24, 2.45) is 0 Å². The number of benzene rings is 2. The van der Waals surface area contributed by atoms with E-state index >= 15 is 0 Å². The molecule has 2 aromatic carbocycles. The molecule has 6 nitrogen and oxygen atoms in total. The Balaban J connectivity index is 2.39. The zero-order valence-corrected chi connectivity index (χ0v) is 18.6. The van der Waals surface area contributed by atoms with Gasteiger partial charge in [0.25, 0.3) is 5.56 Å². The van der Waals surface area contributed by atoms with Crippen LogP contribution in [0.25, 0.3) is 11.4 Å². The van der Waals surface area contributed by atoms with Gasteiger partial charge in [-0.2, -0.15) is 0 Å². The lowest BCUT2D eigenvalue weighted by Crippen LogP contribution is -2.57. The molecule has 0 aliphatic rings. The van der Waals surface area contributed by atoms with Crippen molar-refractivity contribution in [3.05, 3.63) is 75.1 Å². The average molecular weight is 411 g/mol. The van der Waals surface area contributed by atoms with E-state index in [4.69, 9.17) is 9.47 Å². The average Bonchev–Trinajstić information content (AvgIpc) is 2.68. The van der Waals surface area contributed by atoms with Gasteiger partial charge in [0.15, 0.2) is 0 Å². The molecule has 0 bridgehead atoms. The highest BCUT2D eigenvalue weighted by Gasteiger charge is 2.28. The van der Waals surface area contributed by atoms with Crippen molar-refractivity contribution in [1.82, 2.24) is 9.13 Å². The molecular weight excluding hydrogens is 384 g/mol. The van der Waals surface area contributed by atoms with Gasteiger partial charge in [-0.3, -0.25) is 9.36 Å². The van der Waals surface area contributed by atoms with Crippen LogP contribution in [0.4, 0.5) is 0 Å². The summed E-state index contributed by atoms with van der Waals surface area (Å²) in [7, 11) is 1.12. The summed E-state index contributed by atoms with van der Waals surface area (Å²) in [6.07, 6.45) is 0. The summed E-state index contributed by atoms with van der Waals surface area (Å²) in [5.74, 6) is 1.36. The van der Waals surface area contributed by atoms with Crippen molar-refractivity contribution in [3.8, 4) is 22.9 Å². The van der Waals surface area contributed by atoms with Gasteiger partial charge in [-0.05, 0) is 55.5 Å². The standard InChI is InChI=1S/C22H26N2O4Si/c1-15-20(29(4,5)6)21(25)24(17-9-13-19(28-3)14-10-17)22(26)23(15)16-7-11-18(27-2)12-8-16/h7-14H,1-6H3. The van der Waals surface area contributed by atoms with Gasteiger partial charge in [-0.25, -0.2) is 9.36 Å². The van der Waals surface area contributed by atoms with Gasteiger partial charge in [-0.15, -0.1) is 0 Å². The van der Waals surface area contributed by atoms with E-state index in [0.717, 1.165) is 5.19 Å². The van der Waals surface area contributed by atoms with Crippen LogP contribution in [0.1, 0.15) is 5.69 Å². The third-order valence-corrected chi connectivity index (χ3v) is 6.98. The second-order valence-corrected chi connectivity index (χ2v) is 12.9. The Labute approximate surface area is 171 Å². The first-order valence-corrected chi connectivity index (χ1v) is 12.9. The van der Waals surface area contributed by atoms with Crippen LogP contribution in [0.15, 0.2) is 58.1 Å². The Bertz CT molecular complexity index is 1140. The Morgan fingerprint density at radius 3 is 1.52 bits per heavy atom. The van der Waals surface area contributed by atoms with Crippen molar-refractivity contribution in [1.29, 1.82) is 0 Å². The molecule has 0 N–H and O–H groups in total. The fourth-order valence-electron chi connectivity index (χ4n) is 3.57. The molecule has 0 radical (unpaired) electrons. The molecule has 1 aromatic heterocycles. The first-order valence-electron chi connectivity index (χ1n) is 9.37. The van der Waals surface area contributed by atoms with Crippen molar-refractivity contribution in [2.75, 3.05) is 14.2 Å². The maximum atomic E-state index is 13.5. The lowest BCUT2D eigenvalue weighted by Gasteiger charge is -2.24. The van der Waals surface area contributed by atoms with Crippen LogP contribution in [0, 0.1) is 6.92 Å². The highest BCUT2D eigenvalue weighted by Crippen LogP contribution is 2.17. The number of hydrogen-bond donors (Lipinski definition) is 0. The molecule has 3 rings (SSSR count). The summed E-state index contributed by atoms with van der Waals surface area (Å²) in [5.41, 5.74) is 1.25. The Hall–Kier alpha value is -3.06. The van der Waals surface area contributed by atoms with E-state index in [2.05, 4.69) is 19.6 Å². The topological polar surface area (TPSA) is 62.5 Å². The minimum Gasteiger partial charge on any atom is -0.497 e. The predicted octanol–water partition coefficient (Wildman–Crippen LogP) is 2.86. The minimum absolute atomic E-state index is 0.249. The number of aromatic nitrogens is 2. The zero-order valence-electron chi connectivity index (χ0n) is 17.6. The summed E-state index contributed by atoms with van der Waals surface area (Å²) < 4.78 is 13.3.